The Hall–Kier alpha value is -0.830. The van der Waals surface area contributed by atoms with Crippen LogP contribution >= 0.6 is 0 Å². The van der Waals surface area contributed by atoms with E-state index in [1.807, 2.05) is 0 Å². The third-order valence-electron chi connectivity index (χ3n) is 2.61. The van der Waals surface area contributed by atoms with Crippen molar-refractivity contribution in [2.45, 2.75) is 26.8 Å². The molecule has 0 spiro atoms. The minimum Gasteiger partial charge on any atom is -0.316 e. The van der Waals surface area contributed by atoms with Gasteiger partial charge < -0.3 is 5.32 Å². The highest BCUT2D eigenvalue weighted by Crippen LogP contribution is 2.11. The zero-order valence-electron chi connectivity index (χ0n) is 9.03. The lowest BCUT2D eigenvalue weighted by molar-refractivity contribution is 0.342. The van der Waals surface area contributed by atoms with Gasteiger partial charge in [0, 0.05) is 12.7 Å². The van der Waals surface area contributed by atoms with Gasteiger partial charge in [0.1, 0.15) is 0 Å². The molecule has 1 aromatic heterocycles. The summed E-state index contributed by atoms with van der Waals surface area (Å²) in [5.41, 5.74) is 1.25. The third-order valence-corrected chi connectivity index (χ3v) is 2.61. The van der Waals surface area contributed by atoms with Crippen molar-refractivity contribution in [3.63, 3.8) is 0 Å². The monoisotopic (exact) mass is 193 g/mol. The number of hydrogen-bond acceptors (Lipinski definition) is 2. The van der Waals surface area contributed by atoms with Gasteiger partial charge in [0.25, 0.3) is 0 Å². The fraction of sp³-hybridized carbons (Fsp3) is 0.727. The maximum atomic E-state index is 4.56. The quantitative estimate of drug-likeness (QED) is 0.781. The van der Waals surface area contributed by atoms with Crippen molar-refractivity contribution in [1.82, 2.24) is 15.1 Å². The van der Waals surface area contributed by atoms with Crippen LogP contribution in [0.2, 0.25) is 0 Å². The van der Waals surface area contributed by atoms with Gasteiger partial charge in [0.15, 0.2) is 0 Å². The van der Waals surface area contributed by atoms with E-state index in [0.717, 1.165) is 32.0 Å². The first-order valence-electron chi connectivity index (χ1n) is 5.47. The number of rotatable bonds is 4. The Morgan fingerprint density at radius 2 is 2.36 bits per heavy atom. The van der Waals surface area contributed by atoms with Gasteiger partial charge in [-0.3, -0.25) is 4.68 Å². The minimum absolute atomic E-state index is 0.674. The first kappa shape index (κ1) is 9.71. The summed E-state index contributed by atoms with van der Waals surface area (Å²) in [7, 11) is 0. The maximum absolute atomic E-state index is 4.56. The Bertz CT molecular complexity index is 286. The zero-order chi connectivity index (χ0) is 9.97. The lowest BCUT2D eigenvalue weighted by Gasteiger charge is -2.26. The summed E-state index contributed by atoms with van der Waals surface area (Å²) in [6.07, 6.45) is 3.24. The van der Waals surface area contributed by atoms with Gasteiger partial charge in [-0.1, -0.05) is 13.8 Å². The summed E-state index contributed by atoms with van der Waals surface area (Å²) >= 11 is 0. The fourth-order valence-electron chi connectivity index (χ4n) is 1.78. The fourth-order valence-corrected chi connectivity index (χ4v) is 1.78. The number of nitrogens with one attached hydrogen (secondary N) is 1. The van der Waals surface area contributed by atoms with Crippen LogP contribution < -0.4 is 5.32 Å². The summed E-state index contributed by atoms with van der Waals surface area (Å²) in [6.45, 7) is 7.80. The predicted octanol–water partition coefficient (Wildman–Crippen LogP) is 1.30. The van der Waals surface area contributed by atoms with Crippen LogP contribution in [-0.2, 0) is 13.0 Å². The van der Waals surface area contributed by atoms with E-state index in [9.17, 15) is 0 Å². The second-order valence-corrected chi connectivity index (χ2v) is 4.65. The normalized spacial score (nSPS) is 17.4. The Balaban J connectivity index is 1.88. The first-order valence-corrected chi connectivity index (χ1v) is 5.47. The van der Waals surface area contributed by atoms with Crippen LogP contribution in [0.3, 0.4) is 0 Å². The minimum atomic E-state index is 0.674. The topological polar surface area (TPSA) is 29.9 Å². The van der Waals surface area contributed by atoms with Crippen molar-refractivity contribution in [3.8, 4) is 0 Å². The van der Waals surface area contributed by atoms with Crippen LogP contribution in [0.25, 0.3) is 0 Å². The van der Waals surface area contributed by atoms with Crippen molar-refractivity contribution in [1.29, 1.82) is 0 Å². The summed E-state index contributed by atoms with van der Waals surface area (Å²) in [5.74, 6) is 1.49. The van der Waals surface area contributed by atoms with Gasteiger partial charge in [0.05, 0.1) is 5.69 Å². The summed E-state index contributed by atoms with van der Waals surface area (Å²) in [4.78, 5) is 0. The standard InChI is InChI=1S/C11H19N3/c1-9(2)8-14-4-3-11(13-14)5-10-6-12-7-10/h3-4,9-10,12H,5-8H2,1-2H3. The molecule has 0 unspecified atom stereocenters. The van der Waals surface area contributed by atoms with Crippen molar-refractivity contribution < 1.29 is 0 Å². The molecular formula is C11H19N3. The Morgan fingerprint density at radius 1 is 1.57 bits per heavy atom. The van der Waals surface area contributed by atoms with Gasteiger partial charge in [0.2, 0.25) is 0 Å². The largest absolute Gasteiger partial charge is 0.316 e. The molecule has 0 atom stereocenters. The van der Waals surface area contributed by atoms with Gasteiger partial charge in [-0.25, -0.2) is 0 Å². The van der Waals surface area contributed by atoms with Crippen LogP contribution in [0.4, 0.5) is 0 Å². The highest BCUT2D eigenvalue weighted by atomic mass is 15.3. The lowest BCUT2D eigenvalue weighted by Crippen LogP contribution is -2.43. The van der Waals surface area contributed by atoms with E-state index in [0.29, 0.717) is 5.92 Å². The molecule has 14 heavy (non-hydrogen) atoms. The third kappa shape index (κ3) is 2.35. The molecule has 0 aromatic carbocycles. The Labute approximate surface area is 85.5 Å². The van der Waals surface area contributed by atoms with Gasteiger partial charge in [-0.2, -0.15) is 5.10 Å². The highest BCUT2D eigenvalue weighted by molar-refractivity contribution is 5.02. The molecule has 1 fully saturated rings. The van der Waals surface area contributed by atoms with Crippen molar-refractivity contribution >= 4 is 0 Å². The van der Waals surface area contributed by atoms with Gasteiger partial charge in [-0.05, 0) is 37.4 Å². The van der Waals surface area contributed by atoms with Crippen LogP contribution in [0.1, 0.15) is 19.5 Å². The van der Waals surface area contributed by atoms with E-state index < -0.39 is 0 Å². The molecule has 1 aromatic rings. The smallest absolute Gasteiger partial charge is 0.0628 e. The molecule has 3 heteroatoms. The molecule has 2 heterocycles. The van der Waals surface area contributed by atoms with Crippen molar-refractivity contribution in [2.75, 3.05) is 13.1 Å². The van der Waals surface area contributed by atoms with Crippen LogP contribution in [0.15, 0.2) is 12.3 Å². The molecule has 3 nitrogen and oxygen atoms in total. The Kier molecular flexibility index (Phi) is 2.87. The number of aromatic nitrogens is 2. The number of hydrogen-bond donors (Lipinski definition) is 1. The summed E-state index contributed by atoms with van der Waals surface area (Å²) in [6, 6.07) is 2.15. The highest BCUT2D eigenvalue weighted by Gasteiger charge is 2.17. The molecule has 1 N–H and O–H groups in total. The van der Waals surface area contributed by atoms with Crippen LogP contribution in [-0.4, -0.2) is 22.9 Å². The zero-order valence-corrected chi connectivity index (χ0v) is 9.03. The average molecular weight is 193 g/mol. The average Bonchev–Trinajstić information content (AvgIpc) is 2.44. The molecular weight excluding hydrogens is 174 g/mol. The second-order valence-electron chi connectivity index (χ2n) is 4.65. The molecule has 0 saturated carbocycles. The van der Waals surface area contributed by atoms with E-state index in [-0.39, 0.29) is 0 Å². The van der Waals surface area contributed by atoms with Crippen LogP contribution in [0, 0.1) is 11.8 Å². The molecule has 0 amide bonds. The van der Waals surface area contributed by atoms with E-state index in [4.69, 9.17) is 0 Å². The second kappa shape index (κ2) is 4.13. The molecule has 1 aliphatic heterocycles. The van der Waals surface area contributed by atoms with E-state index in [1.165, 1.54) is 5.69 Å². The molecule has 0 radical (unpaired) electrons. The SMILES string of the molecule is CC(C)Cn1ccc(CC2CNC2)n1. The van der Waals surface area contributed by atoms with Crippen molar-refractivity contribution in [2.24, 2.45) is 11.8 Å². The first-order chi connectivity index (χ1) is 6.74. The molecule has 2 rings (SSSR count). The van der Waals surface area contributed by atoms with Crippen molar-refractivity contribution in [3.05, 3.63) is 18.0 Å². The molecule has 0 aliphatic carbocycles. The molecule has 78 valence electrons. The van der Waals surface area contributed by atoms with Gasteiger partial charge in [-0.15, -0.1) is 0 Å². The van der Waals surface area contributed by atoms with Gasteiger partial charge >= 0.3 is 0 Å². The molecule has 1 saturated heterocycles. The van der Waals surface area contributed by atoms with Crippen LogP contribution in [0.5, 0.6) is 0 Å². The maximum Gasteiger partial charge on any atom is 0.0628 e. The lowest BCUT2D eigenvalue weighted by atomic mass is 9.98. The van der Waals surface area contributed by atoms with E-state index in [2.05, 4.69) is 41.2 Å². The molecule has 1 aliphatic rings. The van der Waals surface area contributed by atoms with E-state index in [1.54, 1.807) is 0 Å². The van der Waals surface area contributed by atoms with E-state index >= 15 is 0 Å². The Morgan fingerprint density at radius 3 is 2.93 bits per heavy atom. The number of nitrogens with zero attached hydrogens (tertiary/aromatic N) is 2. The summed E-state index contributed by atoms with van der Waals surface area (Å²) < 4.78 is 2.06. The molecule has 0 bridgehead atoms. The summed E-state index contributed by atoms with van der Waals surface area (Å²) in [5, 5.41) is 7.85. The predicted molar refractivity (Wildman–Crippen MR) is 57.1 cm³/mol.